The summed E-state index contributed by atoms with van der Waals surface area (Å²) in [5.41, 5.74) is 6.75. The molecule has 0 saturated heterocycles. The van der Waals surface area contributed by atoms with Gasteiger partial charge < -0.3 is 14.4 Å². The monoisotopic (exact) mass is 385 g/mol. The number of phenols is 1. The third kappa shape index (κ3) is 3.87. The number of hydrogen-bond acceptors (Lipinski definition) is 4. The van der Waals surface area contributed by atoms with Gasteiger partial charge in [0.05, 0.1) is 16.8 Å². The van der Waals surface area contributed by atoms with Crippen molar-refractivity contribution in [2.45, 2.75) is 27.4 Å². The largest absolute Gasteiger partial charge is 0.507 e. The van der Waals surface area contributed by atoms with Crippen LogP contribution in [0.3, 0.4) is 0 Å². The molecule has 0 aliphatic carbocycles. The van der Waals surface area contributed by atoms with E-state index >= 15 is 0 Å². The van der Waals surface area contributed by atoms with Crippen molar-refractivity contribution in [3.05, 3.63) is 89.1 Å². The minimum Gasteiger partial charge on any atom is -0.507 e. The van der Waals surface area contributed by atoms with Crippen molar-refractivity contribution in [3.63, 3.8) is 0 Å². The van der Waals surface area contributed by atoms with Crippen molar-refractivity contribution in [3.8, 4) is 33.9 Å². The predicted octanol–water partition coefficient (Wildman–Crippen LogP) is 6.22. The predicted molar refractivity (Wildman–Crippen MR) is 114 cm³/mol. The van der Waals surface area contributed by atoms with Gasteiger partial charge in [0.2, 0.25) is 0 Å². The van der Waals surface area contributed by atoms with E-state index in [-0.39, 0.29) is 5.75 Å². The summed E-state index contributed by atoms with van der Waals surface area (Å²) < 4.78 is 11.5. The molecule has 0 fully saturated rings. The molecule has 146 valence electrons. The Hall–Kier alpha value is -3.53. The van der Waals surface area contributed by atoms with E-state index < -0.39 is 0 Å². The van der Waals surface area contributed by atoms with Crippen LogP contribution in [0.2, 0.25) is 0 Å². The third-order valence-corrected chi connectivity index (χ3v) is 5.04. The summed E-state index contributed by atoms with van der Waals surface area (Å²) in [5, 5.41) is 14.8. The molecule has 4 aromatic rings. The van der Waals surface area contributed by atoms with Crippen LogP contribution in [-0.2, 0) is 6.61 Å². The van der Waals surface area contributed by atoms with Gasteiger partial charge in [0.1, 0.15) is 18.1 Å². The van der Waals surface area contributed by atoms with Gasteiger partial charge in [0.15, 0.2) is 5.76 Å². The molecule has 1 N–H and O–H groups in total. The molecule has 29 heavy (non-hydrogen) atoms. The average Bonchev–Trinajstić information content (AvgIpc) is 3.10. The molecule has 0 atom stereocenters. The van der Waals surface area contributed by atoms with E-state index in [9.17, 15) is 5.11 Å². The highest BCUT2D eigenvalue weighted by Crippen LogP contribution is 2.40. The molecule has 0 amide bonds. The van der Waals surface area contributed by atoms with Crippen LogP contribution in [0.5, 0.6) is 11.5 Å². The summed E-state index contributed by atoms with van der Waals surface area (Å²) in [6, 6.07) is 21.5. The molecule has 4 nitrogen and oxygen atoms in total. The van der Waals surface area contributed by atoms with Crippen LogP contribution < -0.4 is 4.74 Å². The van der Waals surface area contributed by atoms with E-state index in [0.29, 0.717) is 23.7 Å². The lowest BCUT2D eigenvalue weighted by Gasteiger charge is -2.11. The van der Waals surface area contributed by atoms with E-state index in [4.69, 9.17) is 9.26 Å². The van der Waals surface area contributed by atoms with E-state index in [0.717, 1.165) is 22.4 Å². The topological polar surface area (TPSA) is 55.5 Å². The Morgan fingerprint density at radius 3 is 2.48 bits per heavy atom. The van der Waals surface area contributed by atoms with Crippen molar-refractivity contribution >= 4 is 0 Å². The summed E-state index contributed by atoms with van der Waals surface area (Å²) in [6.45, 7) is 6.47. The number of aromatic nitrogens is 1. The van der Waals surface area contributed by atoms with Crippen LogP contribution >= 0.6 is 0 Å². The van der Waals surface area contributed by atoms with E-state index in [1.165, 1.54) is 11.1 Å². The van der Waals surface area contributed by atoms with Crippen molar-refractivity contribution in [2.24, 2.45) is 0 Å². The normalized spacial score (nSPS) is 10.9. The zero-order valence-corrected chi connectivity index (χ0v) is 16.8. The maximum atomic E-state index is 10.7. The van der Waals surface area contributed by atoms with Gasteiger partial charge in [0, 0.05) is 6.07 Å². The molecule has 0 aliphatic rings. The lowest BCUT2D eigenvalue weighted by Crippen LogP contribution is -1.98. The van der Waals surface area contributed by atoms with E-state index in [1.807, 2.05) is 43.3 Å². The molecule has 3 aromatic carbocycles. The minimum atomic E-state index is 0.0943. The summed E-state index contributed by atoms with van der Waals surface area (Å²) in [7, 11) is 0. The first kappa shape index (κ1) is 18.8. The first-order valence-corrected chi connectivity index (χ1v) is 9.57. The summed E-state index contributed by atoms with van der Waals surface area (Å²) in [6.07, 6.45) is 0. The lowest BCUT2D eigenvalue weighted by molar-refractivity contribution is 0.303. The van der Waals surface area contributed by atoms with Crippen LogP contribution in [0.15, 0.2) is 71.3 Å². The fourth-order valence-electron chi connectivity index (χ4n) is 3.41. The Kier molecular flexibility index (Phi) is 5.09. The number of ether oxygens (including phenoxy) is 1. The molecule has 0 saturated carbocycles. The van der Waals surface area contributed by atoms with Gasteiger partial charge in [-0.25, -0.2) is 0 Å². The number of hydrogen-bond donors (Lipinski definition) is 1. The van der Waals surface area contributed by atoms with Crippen LogP contribution in [0, 0.1) is 20.8 Å². The standard InChI is InChI=1S/C25H23NO3/c1-16-9-10-17(2)20(13-16)15-28-21-11-12-22(23(27)14-21)25-24(18(3)26-29-25)19-7-5-4-6-8-19/h4-14,27H,15H2,1-3H3. The molecule has 4 rings (SSSR count). The van der Waals surface area contributed by atoms with Gasteiger partial charge in [-0.15, -0.1) is 0 Å². The summed E-state index contributed by atoms with van der Waals surface area (Å²) >= 11 is 0. The molecule has 0 aliphatic heterocycles. The third-order valence-electron chi connectivity index (χ3n) is 5.04. The molecule has 0 spiro atoms. The maximum absolute atomic E-state index is 10.7. The summed E-state index contributed by atoms with van der Waals surface area (Å²) in [4.78, 5) is 0. The smallest absolute Gasteiger partial charge is 0.178 e. The van der Waals surface area contributed by atoms with Gasteiger partial charge in [-0.05, 0) is 49.6 Å². The SMILES string of the molecule is Cc1ccc(C)c(COc2ccc(-c3onc(C)c3-c3ccccc3)c(O)c2)c1. The quantitative estimate of drug-likeness (QED) is 0.443. The maximum Gasteiger partial charge on any atom is 0.178 e. The molecule has 0 radical (unpaired) electrons. The first-order chi connectivity index (χ1) is 14.0. The number of benzene rings is 3. The average molecular weight is 385 g/mol. The molecule has 0 bridgehead atoms. The van der Waals surface area contributed by atoms with Gasteiger partial charge in [0.25, 0.3) is 0 Å². The number of rotatable bonds is 5. The van der Waals surface area contributed by atoms with Crippen molar-refractivity contribution in [1.82, 2.24) is 5.16 Å². The van der Waals surface area contributed by atoms with E-state index in [2.05, 4.69) is 37.2 Å². The second kappa shape index (κ2) is 7.84. The zero-order valence-electron chi connectivity index (χ0n) is 16.8. The van der Waals surface area contributed by atoms with Crippen molar-refractivity contribution in [1.29, 1.82) is 0 Å². The number of aryl methyl sites for hydroxylation is 3. The van der Waals surface area contributed by atoms with Crippen LogP contribution in [0.4, 0.5) is 0 Å². The minimum absolute atomic E-state index is 0.0943. The van der Waals surface area contributed by atoms with Crippen molar-refractivity contribution in [2.75, 3.05) is 0 Å². The highest BCUT2D eigenvalue weighted by Gasteiger charge is 2.19. The van der Waals surface area contributed by atoms with Gasteiger partial charge in [-0.3, -0.25) is 0 Å². The van der Waals surface area contributed by atoms with Crippen LogP contribution in [-0.4, -0.2) is 10.3 Å². The van der Waals surface area contributed by atoms with Gasteiger partial charge in [-0.1, -0.05) is 59.3 Å². The lowest BCUT2D eigenvalue weighted by atomic mass is 9.99. The Balaban J connectivity index is 1.61. The Bertz CT molecular complexity index is 1150. The van der Waals surface area contributed by atoms with Gasteiger partial charge >= 0.3 is 0 Å². The molecular weight excluding hydrogens is 362 g/mol. The Morgan fingerprint density at radius 1 is 0.931 bits per heavy atom. The Morgan fingerprint density at radius 2 is 1.72 bits per heavy atom. The summed E-state index contributed by atoms with van der Waals surface area (Å²) in [5.74, 6) is 1.24. The second-order valence-corrected chi connectivity index (χ2v) is 7.24. The first-order valence-electron chi connectivity index (χ1n) is 9.57. The molecular formula is C25H23NO3. The highest BCUT2D eigenvalue weighted by molar-refractivity contribution is 5.83. The van der Waals surface area contributed by atoms with Crippen LogP contribution in [0.1, 0.15) is 22.4 Å². The molecule has 4 heteroatoms. The fraction of sp³-hybridized carbons (Fsp3) is 0.160. The van der Waals surface area contributed by atoms with E-state index in [1.54, 1.807) is 12.1 Å². The fourth-order valence-corrected chi connectivity index (χ4v) is 3.41. The number of aromatic hydroxyl groups is 1. The van der Waals surface area contributed by atoms with Crippen LogP contribution in [0.25, 0.3) is 22.5 Å². The highest BCUT2D eigenvalue weighted by atomic mass is 16.5. The Labute approximate surface area is 170 Å². The van der Waals surface area contributed by atoms with Crippen molar-refractivity contribution < 1.29 is 14.4 Å². The van der Waals surface area contributed by atoms with Gasteiger partial charge in [-0.2, -0.15) is 0 Å². The number of phenolic OH excluding ortho intramolecular Hbond substituents is 1. The second-order valence-electron chi connectivity index (χ2n) is 7.24. The molecule has 1 aromatic heterocycles. The molecule has 1 heterocycles. The molecule has 0 unspecified atom stereocenters. The number of nitrogens with zero attached hydrogens (tertiary/aromatic N) is 1. The zero-order chi connectivity index (χ0) is 20.4.